The predicted molar refractivity (Wildman–Crippen MR) is 124 cm³/mol. The number of fused-ring (bicyclic) bond motifs is 1. The number of thiophene rings is 1. The third-order valence-electron chi connectivity index (χ3n) is 4.52. The first-order valence-corrected chi connectivity index (χ1v) is 10.9. The van der Waals surface area contributed by atoms with Gasteiger partial charge in [-0.25, -0.2) is 14.6 Å². The van der Waals surface area contributed by atoms with E-state index >= 15 is 0 Å². The summed E-state index contributed by atoms with van der Waals surface area (Å²) >= 11 is 1.21. The summed E-state index contributed by atoms with van der Waals surface area (Å²) < 4.78 is 10.2. The Morgan fingerprint density at radius 1 is 0.939 bits per heavy atom. The molecule has 4 aromatic rings. The highest BCUT2D eigenvalue weighted by atomic mass is 32.1. The number of rotatable bonds is 7. The molecule has 0 saturated heterocycles. The molecule has 4 rings (SSSR count). The lowest BCUT2D eigenvalue weighted by Gasteiger charge is -2.07. The summed E-state index contributed by atoms with van der Waals surface area (Å²) in [4.78, 5) is 46.6. The van der Waals surface area contributed by atoms with Crippen LogP contribution in [0.4, 0.5) is 5.69 Å². The number of anilines is 1. The molecule has 0 radical (unpaired) electrons. The summed E-state index contributed by atoms with van der Waals surface area (Å²) in [7, 11) is 0. The molecule has 8 nitrogen and oxygen atoms in total. The van der Waals surface area contributed by atoms with Gasteiger partial charge in [-0.05, 0) is 30.7 Å². The van der Waals surface area contributed by atoms with E-state index in [-0.39, 0.29) is 17.2 Å². The number of para-hydroxylation sites is 2. The van der Waals surface area contributed by atoms with Crippen molar-refractivity contribution in [3.63, 3.8) is 0 Å². The van der Waals surface area contributed by atoms with Crippen LogP contribution in [-0.4, -0.2) is 41.0 Å². The average Bonchev–Trinajstić information content (AvgIpc) is 3.26. The average molecular weight is 461 g/mol. The summed E-state index contributed by atoms with van der Waals surface area (Å²) in [6, 6.07) is 18.3. The molecule has 0 atom stereocenters. The van der Waals surface area contributed by atoms with Gasteiger partial charge >= 0.3 is 11.9 Å². The van der Waals surface area contributed by atoms with Crippen molar-refractivity contribution in [3.05, 3.63) is 77.4 Å². The van der Waals surface area contributed by atoms with E-state index in [1.807, 2.05) is 36.4 Å². The maximum atomic E-state index is 12.5. The summed E-state index contributed by atoms with van der Waals surface area (Å²) in [6.07, 6.45) is 1.30. The van der Waals surface area contributed by atoms with Gasteiger partial charge in [-0.3, -0.25) is 9.78 Å². The second kappa shape index (κ2) is 10.0. The van der Waals surface area contributed by atoms with Gasteiger partial charge < -0.3 is 14.8 Å². The maximum Gasteiger partial charge on any atom is 0.359 e. The fourth-order valence-corrected chi connectivity index (χ4v) is 4.04. The molecule has 166 valence electrons. The second-order valence-corrected chi connectivity index (χ2v) is 7.86. The van der Waals surface area contributed by atoms with Crippen LogP contribution in [0.25, 0.3) is 21.5 Å². The molecule has 1 N–H and O–H groups in total. The van der Waals surface area contributed by atoms with Gasteiger partial charge in [0.2, 0.25) is 0 Å². The Kier molecular flexibility index (Phi) is 6.70. The largest absolute Gasteiger partial charge is 0.462 e. The number of benzene rings is 2. The molecule has 1 amide bonds. The monoisotopic (exact) mass is 461 g/mol. The molecule has 0 bridgehead atoms. The summed E-state index contributed by atoms with van der Waals surface area (Å²) in [5, 5.41) is 2.63. The number of hydrogen-bond donors (Lipinski definition) is 1. The van der Waals surface area contributed by atoms with Crippen molar-refractivity contribution in [3.8, 4) is 10.4 Å². The van der Waals surface area contributed by atoms with E-state index in [4.69, 9.17) is 9.47 Å². The normalized spacial score (nSPS) is 10.6. The summed E-state index contributed by atoms with van der Waals surface area (Å²) in [6.45, 7) is 1.36. The van der Waals surface area contributed by atoms with Crippen LogP contribution in [0.3, 0.4) is 0 Å². The van der Waals surface area contributed by atoms with E-state index in [9.17, 15) is 14.4 Å². The molecular formula is C24H19N3O5S. The molecule has 0 saturated carbocycles. The molecule has 2 heterocycles. The fraction of sp³-hybridized carbons (Fsp3) is 0.125. The second-order valence-electron chi connectivity index (χ2n) is 6.81. The number of nitrogens with one attached hydrogen (secondary N) is 1. The highest BCUT2D eigenvalue weighted by molar-refractivity contribution is 7.18. The van der Waals surface area contributed by atoms with E-state index < -0.39 is 24.5 Å². The van der Waals surface area contributed by atoms with Crippen molar-refractivity contribution in [1.82, 2.24) is 9.97 Å². The van der Waals surface area contributed by atoms with Crippen LogP contribution in [0, 0.1) is 0 Å². The maximum absolute atomic E-state index is 12.5. The molecule has 2 aromatic carbocycles. The number of carbonyl (C=O) groups is 3. The highest BCUT2D eigenvalue weighted by Crippen LogP contribution is 2.35. The number of carbonyl (C=O) groups excluding carboxylic acids is 3. The number of amides is 1. The van der Waals surface area contributed by atoms with Crippen LogP contribution in [-0.2, 0) is 14.3 Å². The first kappa shape index (κ1) is 22.1. The number of nitrogens with zero attached hydrogens (tertiary/aromatic N) is 2. The van der Waals surface area contributed by atoms with Crippen LogP contribution in [0.1, 0.15) is 27.1 Å². The lowest BCUT2D eigenvalue weighted by Crippen LogP contribution is -2.22. The Bertz CT molecular complexity index is 1320. The first-order chi connectivity index (χ1) is 16.0. The molecule has 33 heavy (non-hydrogen) atoms. The van der Waals surface area contributed by atoms with Gasteiger partial charge in [0.05, 0.1) is 29.5 Å². The van der Waals surface area contributed by atoms with Gasteiger partial charge in [0.15, 0.2) is 12.3 Å². The quantitative estimate of drug-likeness (QED) is 0.408. The zero-order valence-electron chi connectivity index (χ0n) is 17.6. The van der Waals surface area contributed by atoms with E-state index in [0.29, 0.717) is 16.7 Å². The topological polar surface area (TPSA) is 107 Å². The van der Waals surface area contributed by atoms with Gasteiger partial charge in [0.25, 0.3) is 5.91 Å². The van der Waals surface area contributed by atoms with Crippen LogP contribution in [0.5, 0.6) is 0 Å². The van der Waals surface area contributed by atoms with E-state index in [1.54, 1.807) is 31.2 Å². The zero-order chi connectivity index (χ0) is 23.2. The van der Waals surface area contributed by atoms with Gasteiger partial charge in [-0.2, -0.15) is 0 Å². The predicted octanol–water partition coefficient (Wildman–Crippen LogP) is 4.33. The third kappa shape index (κ3) is 5.21. The molecule has 2 aromatic heterocycles. The van der Waals surface area contributed by atoms with Crippen molar-refractivity contribution in [2.24, 2.45) is 0 Å². The Morgan fingerprint density at radius 2 is 1.67 bits per heavy atom. The Hall–Kier alpha value is -4.11. The number of ether oxygens (including phenoxy) is 2. The smallest absolute Gasteiger partial charge is 0.359 e. The molecule has 9 heteroatoms. The van der Waals surface area contributed by atoms with Gasteiger partial charge in [0, 0.05) is 4.88 Å². The minimum Gasteiger partial charge on any atom is -0.462 e. The number of esters is 2. The van der Waals surface area contributed by atoms with Gasteiger partial charge in [-0.1, -0.05) is 42.5 Å². The van der Waals surface area contributed by atoms with E-state index in [1.165, 1.54) is 17.5 Å². The van der Waals surface area contributed by atoms with Crippen LogP contribution >= 0.6 is 11.3 Å². The third-order valence-corrected chi connectivity index (χ3v) is 5.68. The first-order valence-electron chi connectivity index (χ1n) is 10.1. The zero-order valence-corrected chi connectivity index (χ0v) is 18.4. The van der Waals surface area contributed by atoms with Crippen molar-refractivity contribution >= 4 is 45.9 Å². The molecule has 0 spiro atoms. The number of aromatic nitrogens is 2. The van der Waals surface area contributed by atoms with Gasteiger partial charge in [0.1, 0.15) is 4.88 Å². The van der Waals surface area contributed by atoms with Crippen molar-refractivity contribution in [2.75, 3.05) is 18.5 Å². The van der Waals surface area contributed by atoms with Crippen LogP contribution in [0.15, 0.2) is 66.9 Å². The van der Waals surface area contributed by atoms with Crippen LogP contribution < -0.4 is 5.32 Å². The Labute approximate surface area is 193 Å². The Balaban J connectivity index is 1.46. The Morgan fingerprint density at radius 3 is 2.42 bits per heavy atom. The standard InChI is InChI=1S/C24H19N3O5S/c1-2-31-24(30)22-18(12-20(33-22)15-8-4-3-5-9-15)27-21(28)14-32-23(29)19-13-25-16-10-6-7-11-17(16)26-19/h3-13H,2,14H2,1H3,(H,27,28). The minimum atomic E-state index is -0.774. The molecule has 0 aliphatic heterocycles. The van der Waals surface area contributed by atoms with E-state index in [2.05, 4.69) is 15.3 Å². The molecule has 0 unspecified atom stereocenters. The SMILES string of the molecule is CCOC(=O)c1sc(-c2ccccc2)cc1NC(=O)COC(=O)c1cnc2ccccc2n1. The van der Waals surface area contributed by atoms with Gasteiger partial charge in [-0.15, -0.1) is 11.3 Å². The fourth-order valence-electron chi connectivity index (χ4n) is 3.02. The van der Waals surface area contributed by atoms with E-state index in [0.717, 1.165) is 10.4 Å². The lowest BCUT2D eigenvalue weighted by molar-refractivity contribution is -0.119. The summed E-state index contributed by atoms with van der Waals surface area (Å²) in [5.41, 5.74) is 2.38. The lowest BCUT2D eigenvalue weighted by atomic mass is 10.2. The summed E-state index contributed by atoms with van der Waals surface area (Å²) in [5.74, 6) is -1.91. The van der Waals surface area contributed by atoms with Crippen molar-refractivity contribution in [1.29, 1.82) is 0 Å². The molecule has 0 aliphatic carbocycles. The highest BCUT2D eigenvalue weighted by Gasteiger charge is 2.21. The molecule has 0 aliphatic rings. The van der Waals surface area contributed by atoms with Crippen molar-refractivity contribution in [2.45, 2.75) is 6.92 Å². The van der Waals surface area contributed by atoms with Crippen LogP contribution in [0.2, 0.25) is 0 Å². The molecular weight excluding hydrogens is 442 g/mol. The minimum absolute atomic E-state index is 0.00407. The number of hydrogen-bond acceptors (Lipinski definition) is 8. The van der Waals surface area contributed by atoms with Crippen molar-refractivity contribution < 1.29 is 23.9 Å². The molecule has 0 fully saturated rings.